The van der Waals surface area contributed by atoms with Crippen LogP contribution in [0.25, 0.3) is 0 Å². The maximum Gasteiger partial charge on any atom is 0.248 e. The van der Waals surface area contributed by atoms with Crippen LogP contribution < -0.4 is 15.6 Å². The third-order valence-electron chi connectivity index (χ3n) is 7.27. The molecule has 2 aliphatic rings. The van der Waals surface area contributed by atoms with Crippen LogP contribution in [-0.2, 0) is 20.9 Å². The van der Waals surface area contributed by atoms with Crippen LogP contribution in [0.2, 0.25) is 5.02 Å². The Labute approximate surface area is 240 Å². The highest BCUT2D eigenvalue weighted by atomic mass is 35.5. The van der Waals surface area contributed by atoms with E-state index < -0.39 is 29.0 Å². The topological polar surface area (TPSA) is 102 Å². The number of nitrogens with one attached hydrogen (secondary N) is 2. The van der Waals surface area contributed by atoms with Gasteiger partial charge in [0, 0.05) is 46.7 Å². The molecule has 2 unspecified atom stereocenters. The number of benzene rings is 2. The van der Waals surface area contributed by atoms with Crippen molar-refractivity contribution < 1.29 is 22.7 Å². The third-order valence-corrected chi connectivity index (χ3v) is 8.45. The van der Waals surface area contributed by atoms with Gasteiger partial charge < -0.3 is 5.32 Å². The van der Waals surface area contributed by atoms with E-state index in [1.807, 2.05) is 0 Å². The maximum absolute atomic E-state index is 14.4. The number of rotatable bonds is 11. The van der Waals surface area contributed by atoms with Gasteiger partial charge in [0.15, 0.2) is 0 Å². The first-order valence-corrected chi connectivity index (χ1v) is 15.1. The van der Waals surface area contributed by atoms with Gasteiger partial charge in [-0.1, -0.05) is 55.1 Å². The molecule has 39 heavy (non-hydrogen) atoms. The Kier molecular flexibility index (Phi) is 10.7. The monoisotopic (exact) mass is 598 g/mol. The van der Waals surface area contributed by atoms with Crippen LogP contribution in [-0.4, -0.2) is 49.5 Å². The van der Waals surface area contributed by atoms with E-state index >= 15 is 0 Å². The van der Waals surface area contributed by atoms with Crippen LogP contribution in [0.15, 0.2) is 48.5 Å². The second-order valence-electron chi connectivity index (χ2n) is 9.97. The zero-order valence-electron chi connectivity index (χ0n) is 21.4. The Morgan fingerprint density at radius 2 is 1.79 bits per heavy atom. The number of hydrazine groups is 1. The summed E-state index contributed by atoms with van der Waals surface area (Å²) in [5.74, 6) is -1.60. The standard InChI is InChI=1S/C27H33Cl2FN4O4S/c28-13-14-33(39(37)38)32-21-15-18(16-21)27(36)34(22-10-6-7-19(30)17-22)25(23-11-4-5-12-24(23)29)26(35)31-20-8-2-1-3-9-20/h4-7,10-12,17-18,20-21,25,32H,1-3,8-9,13-16H2,(H,31,35)(H,37,38). The van der Waals surface area contributed by atoms with Crippen molar-refractivity contribution in [2.75, 3.05) is 17.3 Å². The molecule has 8 nitrogen and oxygen atoms in total. The molecule has 4 rings (SSSR count). The fraction of sp³-hybridized carbons (Fsp3) is 0.481. The van der Waals surface area contributed by atoms with E-state index in [0.717, 1.165) is 36.5 Å². The molecular formula is C27H33Cl2FN4O4S. The van der Waals surface area contributed by atoms with E-state index in [-0.39, 0.29) is 42.0 Å². The molecule has 212 valence electrons. The summed E-state index contributed by atoms with van der Waals surface area (Å²) in [4.78, 5) is 29.3. The first-order chi connectivity index (χ1) is 18.8. The second-order valence-corrected chi connectivity index (χ2v) is 11.7. The van der Waals surface area contributed by atoms with Gasteiger partial charge in [0.05, 0.1) is 0 Å². The molecule has 2 saturated carbocycles. The lowest BCUT2D eigenvalue weighted by Crippen LogP contribution is -2.56. The SMILES string of the molecule is O=C(NC1CCCCC1)C(c1ccccc1Cl)N(C(=O)C1CC(NN(CCCl)S(=O)O)C1)c1cccc(F)c1. The van der Waals surface area contributed by atoms with E-state index in [2.05, 4.69) is 10.7 Å². The van der Waals surface area contributed by atoms with E-state index in [1.54, 1.807) is 30.3 Å². The number of nitrogens with zero attached hydrogens (tertiary/aromatic N) is 2. The molecule has 0 spiro atoms. The third kappa shape index (κ3) is 7.56. The van der Waals surface area contributed by atoms with E-state index in [1.165, 1.54) is 23.1 Å². The maximum atomic E-state index is 14.4. The molecule has 0 heterocycles. The van der Waals surface area contributed by atoms with Gasteiger partial charge in [-0.05, 0) is 49.9 Å². The number of alkyl halides is 1. The number of amides is 2. The van der Waals surface area contributed by atoms with E-state index in [4.69, 9.17) is 23.2 Å². The summed E-state index contributed by atoms with van der Waals surface area (Å²) >= 11 is 10.0. The largest absolute Gasteiger partial charge is 0.351 e. The Bertz CT molecular complexity index is 1180. The Morgan fingerprint density at radius 3 is 2.44 bits per heavy atom. The summed E-state index contributed by atoms with van der Waals surface area (Å²) in [5.41, 5.74) is 3.64. The minimum Gasteiger partial charge on any atom is -0.351 e. The molecule has 2 aromatic carbocycles. The molecule has 2 atom stereocenters. The average Bonchev–Trinajstić information content (AvgIpc) is 2.89. The highest BCUT2D eigenvalue weighted by Crippen LogP contribution is 2.38. The Morgan fingerprint density at radius 1 is 1.08 bits per heavy atom. The molecule has 0 aliphatic heterocycles. The van der Waals surface area contributed by atoms with E-state index in [9.17, 15) is 22.7 Å². The Balaban J connectivity index is 1.64. The van der Waals surface area contributed by atoms with Gasteiger partial charge in [0.1, 0.15) is 11.9 Å². The first-order valence-electron chi connectivity index (χ1n) is 13.1. The highest BCUT2D eigenvalue weighted by Gasteiger charge is 2.43. The smallest absolute Gasteiger partial charge is 0.248 e. The Hall–Kier alpha value is -2.08. The number of hydrogen-bond donors (Lipinski definition) is 3. The molecule has 2 fully saturated rings. The number of hydrogen-bond acceptors (Lipinski definition) is 4. The molecular weight excluding hydrogens is 566 g/mol. The van der Waals surface area contributed by atoms with Crippen molar-refractivity contribution >= 4 is 52.0 Å². The van der Waals surface area contributed by atoms with Crippen molar-refractivity contribution in [2.24, 2.45) is 5.92 Å². The van der Waals surface area contributed by atoms with Crippen molar-refractivity contribution in [3.8, 4) is 0 Å². The predicted octanol–water partition coefficient (Wildman–Crippen LogP) is 4.96. The van der Waals surface area contributed by atoms with Crippen LogP contribution in [0.4, 0.5) is 10.1 Å². The molecule has 0 saturated heterocycles. The average molecular weight is 600 g/mol. The minimum atomic E-state index is -2.27. The highest BCUT2D eigenvalue weighted by molar-refractivity contribution is 7.76. The van der Waals surface area contributed by atoms with Crippen molar-refractivity contribution in [1.29, 1.82) is 0 Å². The van der Waals surface area contributed by atoms with Crippen molar-refractivity contribution in [3.63, 3.8) is 0 Å². The summed E-state index contributed by atoms with van der Waals surface area (Å²) in [6, 6.07) is 11.1. The second kappa shape index (κ2) is 14.0. The predicted molar refractivity (Wildman–Crippen MR) is 151 cm³/mol. The fourth-order valence-corrected chi connectivity index (χ4v) is 6.24. The first kappa shape index (κ1) is 29.9. The molecule has 2 aliphatic carbocycles. The summed E-state index contributed by atoms with van der Waals surface area (Å²) in [5, 5.41) is 3.45. The summed E-state index contributed by atoms with van der Waals surface area (Å²) < 4.78 is 36.6. The quantitative estimate of drug-likeness (QED) is 0.193. The fourth-order valence-electron chi connectivity index (χ4n) is 5.24. The molecule has 2 amide bonds. The van der Waals surface area contributed by atoms with Gasteiger partial charge in [-0.3, -0.25) is 19.0 Å². The van der Waals surface area contributed by atoms with Crippen LogP contribution in [0.1, 0.15) is 56.6 Å². The van der Waals surface area contributed by atoms with Crippen molar-refractivity contribution in [2.45, 2.75) is 63.1 Å². The van der Waals surface area contributed by atoms with Gasteiger partial charge >= 0.3 is 0 Å². The van der Waals surface area contributed by atoms with Crippen LogP contribution in [0, 0.1) is 11.7 Å². The van der Waals surface area contributed by atoms with Crippen LogP contribution in [0.5, 0.6) is 0 Å². The zero-order valence-corrected chi connectivity index (χ0v) is 23.7. The van der Waals surface area contributed by atoms with Gasteiger partial charge in [-0.2, -0.15) is 0 Å². The number of carbonyl (C=O) groups is 2. The van der Waals surface area contributed by atoms with E-state index in [0.29, 0.717) is 23.4 Å². The molecule has 12 heteroatoms. The van der Waals surface area contributed by atoms with Crippen LogP contribution in [0.3, 0.4) is 0 Å². The number of anilines is 1. The summed E-state index contributed by atoms with van der Waals surface area (Å²) in [7, 11) is 0. The molecule has 2 aromatic rings. The van der Waals surface area contributed by atoms with Gasteiger partial charge in [0.2, 0.25) is 23.1 Å². The van der Waals surface area contributed by atoms with Gasteiger partial charge in [-0.25, -0.2) is 14.0 Å². The molecule has 0 aromatic heterocycles. The van der Waals surface area contributed by atoms with Crippen LogP contribution >= 0.6 is 23.2 Å². The molecule has 0 radical (unpaired) electrons. The zero-order chi connectivity index (χ0) is 27.9. The lowest BCUT2D eigenvalue weighted by atomic mass is 9.79. The molecule has 0 bridgehead atoms. The number of carbonyl (C=O) groups excluding carboxylic acids is 2. The van der Waals surface area contributed by atoms with Gasteiger partial charge in [0.25, 0.3) is 0 Å². The summed E-state index contributed by atoms with van der Waals surface area (Å²) in [6.07, 6.45) is 5.59. The van der Waals surface area contributed by atoms with Gasteiger partial charge in [-0.15, -0.1) is 16.0 Å². The van der Waals surface area contributed by atoms with Crippen molar-refractivity contribution in [3.05, 3.63) is 64.9 Å². The molecule has 3 N–H and O–H groups in total. The lowest BCUT2D eigenvalue weighted by molar-refractivity contribution is -0.131. The normalized spacial score (nSPS) is 21.2. The minimum absolute atomic E-state index is 0.00903. The van der Waals surface area contributed by atoms with Crippen molar-refractivity contribution in [1.82, 2.24) is 15.2 Å². The number of halogens is 3. The lowest BCUT2D eigenvalue weighted by Gasteiger charge is -2.41. The summed E-state index contributed by atoms with van der Waals surface area (Å²) in [6.45, 7) is 0.144.